The molecule has 0 fully saturated rings. The van der Waals surface area contributed by atoms with Crippen molar-refractivity contribution in [2.24, 2.45) is 0 Å². The van der Waals surface area contributed by atoms with Crippen LogP contribution in [0.15, 0.2) is 47.6 Å². The first-order valence-corrected chi connectivity index (χ1v) is 8.01. The van der Waals surface area contributed by atoms with Gasteiger partial charge in [-0.25, -0.2) is 8.42 Å². The molecule has 0 spiro atoms. The van der Waals surface area contributed by atoms with E-state index < -0.39 is 9.84 Å². The van der Waals surface area contributed by atoms with Crippen LogP contribution in [0.5, 0.6) is 5.75 Å². The van der Waals surface area contributed by atoms with Gasteiger partial charge in [0.25, 0.3) is 0 Å². The van der Waals surface area contributed by atoms with E-state index in [1.165, 1.54) is 13.2 Å². The number of rotatable bonds is 5. The van der Waals surface area contributed by atoms with Crippen LogP contribution >= 0.6 is 11.6 Å². The zero-order chi connectivity index (χ0) is 14.6. The molecule has 1 heterocycles. The summed E-state index contributed by atoms with van der Waals surface area (Å²) in [6.07, 6.45) is 3.70. The normalized spacial score (nSPS) is 11.3. The summed E-state index contributed by atoms with van der Waals surface area (Å²) in [7, 11) is -2.02. The summed E-state index contributed by atoms with van der Waals surface area (Å²) in [6, 6.07) is 8.17. The van der Waals surface area contributed by atoms with E-state index in [-0.39, 0.29) is 10.6 Å². The highest BCUT2D eigenvalue weighted by Crippen LogP contribution is 2.28. The summed E-state index contributed by atoms with van der Waals surface area (Å²) >= 11 is 5.87. The van der Waals surface area contributed by atoms with E-state index in [4.69, 9.17) is 16.3 Å². The van der Waals surface area contributed by atoms with Crippen molar-refractivity contribution < 1.29 is 13.2 Å². The molecule has 0 aliphatic rings. The lowest BCUT2D eigenvalue weighted by molar-refractivity contribution is 0.402. The number of methoxy groups -OCH3 is 1. The van der Waals surface area contributed by atoms with Crippen LogP contribution in [-0.2, 0) is 16.3 Å². The highest BCUT2D eigenvalue weighted by molar-refractivity contribution is 7.91. The molecule has 106 valence electrons. The van der Waals surface area contributed by atoms with E-state index in [0.717, 1.165) is 5.56 Å². The maximum absolute atomic E-state index is 12.4. The Kier molecular flexibility index (Phi) is 4.62. The Labute approximate surface area is 123 Å². The molecule has 0 N–H and O–H groups in total. The Morgan fingerprint density at radius 1 is 1.20 bits per heavy atom. The zero-order valence-electron chi connectivity index (χ0n) is 10.9. The Bertz CT molecular complexity index is 687. The lowest BCUT2D eigenvalue weighted by Crippen LogP contribution is -2.10. The van der Waals surface area contributed by atoms with Gasteiger partial charge in [-0.3, -0.25) is 4.98 Å². The Morgan fingerprint density at radius 2 is 1.90 bits per heavy atom. The molecule has 0 atom stereocenters. The molecular weight excluding hydrogens is 298 g/mol. The molecule has 1 aromatic carbocycles. The van der Waals surface area contributed by atoms with Crippen LogP contribution in [-0.4, -0.2) is 26.3 Å². The summed E-state index contributed by atoms with van der Waals surface area (Å²) in [5.41, 5.74) is 0.921. The SMILES string of the molecule is COc1ccc(Cl)cc1S(=O)(=O)CCc1ccncc1. The third-order valence-corrected chi connectivity index (χ3v) is 4.84. The fourth-order valence-corrected chi connectivity index (χ4v) is 3.53. The van der Waals surface area contributed by atoms with Crippen LogP contribution in [0.3, 0.4) is 0 Å². The molecule has 0 aliphatic carbocycles. The topological polar surface area (TPSA) is 56.3 Å². The average Bonchev–Trinajstić information content (AvgIpc) is 2.46. The number of hydrogen-bond donors (Lipinski definition) is 0. The smallest absolute Gasteiger partial charge is 0.182 e. The second kappa shape index (κ2) is 6.24. The molecule has 0 unspecified atom stereocenters. The minimum Gasteiger partial charge on any atom is -0.495 e. The van der Waals surface area contributed by atoms with Crippen molar-refractivity contribution in [1.29, 1.82) is 0 Å². The van der Waals surface area contributed by atoms with Crippen molar-refractivity contribution >= 4 is 21.4 Å². The number of benzene rings is 1. The first kappa shape index (κ1) is 14.8. The number of aryl methyl sites for hydroxylation is 1. The van der Waals surface area contributed by atoms with Gasteiger partial charge >= 0.3 is 0 Å². The molecule has 1 aromatic heterocycles. The highest BCUT2D eigenvalue weighted by Gasteiger charge is 2.20. The molecule has 2 rings (SSSR count). The molecule has 20 heavy (non-hydrogen) atoms. The number of hydrogen-bond acceptors (Lipinski definition) is 4. The van der Waals surface area contributed by atoms with Crippen molar-refractivity contribution in [2.75, 3.05) is 12.9 Å². The van der Waals surface area contributed by atoms with Crippen LogP contribution < -0.4 is 4.74 Å². The van der Waals surface area contributed by atoms with Gasteiger partial charge in [-0.05, 0) is 42.3 Å². The largest absolute Gasteiger partial charge is 0.495 e. The van der Waals surface area contributed by atoms with Gasteiger partial charge in [0.15, 0.2) is 9.84 Å². The van der Waals surface area contributed by atoms with E-state index in [1.54, 1.807) is 36.7 Å². The molecule has 6 heteroatoms. The predicted octanol–water partition coefficient (Wildman–Crippen LogP) is 2.76. The minimum absolute atomic E-state index is 0.00623. The number of halogens is 1. The standard InChI is InChI=1S/C14H14ClNO3S/c1-19-13-3-2-12(15)10-14(13)20(17,18)9-6-11-4-7-16-8-5-11/h2-5,7-8,10H,6,9H2,1H3. The number of aromatic nitrogens is 1. The first-order chi connectivity index (χ1) is 9.53. The maximum atomic E-state index is 12.4. The fraction of sp³-hybridized carbons (Fsp3) is 0.214. The summed E-state index contributed by atoms with van der Waals surface area (Å²) < 4.78 is 29.9. The summed E-state index contributed by atoms with van der Waals surface area (Å²) in [4.78, 5) is 4.03. The molecule has 0 bridgehead atoms. The van der Waals surface area contributed by atoms with Crippen molar-refractivity contribution in [3.05, 3.63) is 53.3 Å². The van der Waals surface area contributed by atoms with E-state index in [2.05, 4.69) is 4.98 Å². The van der Waals surface area contributed by atoms with E-state index in [1.807, 2.05) is 0 Å². The van der Waals surface area contributed by atoms with Crippen molar-refractivity contribution in [3.8, 4) is 5.75 Å². The fourth-order valence-electron chi connectivity index (χ4n) is 1.81. The average molecular weight is 312 g/mol. The van der Waals surface area contributed by atoms with Crippen LogP contribution in [0.1, 0.15) is 5.56 Å². The van der Waals surface area contributed by atoms with Gasteiger partial charge < -0.3 is 4.74 Å². The van der Waals surface area contributed by atoms with Crippen molar-refractivity contribution in [3.63, 3.8) is 0 Å². The van der Waals surface area contributed by atoms with Crippen LogP contribution in [0, 0.1) is 0 Å². The third-order valence-electron chi connectivity index (χ3n) is 2.87. The van der Waals surface area contributed by atoms with Crippen LogP contribution in [0.25, 0.3) is 0 Å². The second-order valence-electron chi connectivity index (χ2n) is 4.22. The Morgan fingerprint density at radius 3 is 2.55 bits per heavy atom. The molecular formula is C14H14ClNO3S. The molecule has 0 aliphatic heterocycles. The maximum Gasteiger partial charge on any atom is 0.182 e. The lowest BCUT2D eigenvalue weighted by Gasteiger charge is -2.10. The zero-order valence-corrected chi connectivity index (χ0v) is 12.5. The summed E-state index contributed by atoms with van der Waals surface area (Å²) in [5.74, 6) is 0.303. The summed E-state index contributed by atoms with van der Waals surface area (Å²) in [5, 5.41) is 0.369. The molecule has 0 saturated carbocycles. The van der Waals surface area contributed by atoms with Gasteiger partial charge in [-0.15, -0.1) is 0 Å². The lowest BCUT2D eigenvalue weighted by atomic mass is 10.2. The number of nitrogens with zero attached hydrogens (tertiary/aromatic N) is 1. The van der Waals surface area contributed by atoms with Crippen LogP contribution in [0.4, 0.5) is 0 Å². The van der Waals surface area contributed by atoms with E-state index in [0.29, 0.717) is 17.2 Å². The van der Waals surface area contributed by atoms with E-state index >= 15 is 0 Å². The van der Waals surface area contributed by atoms with Gasteiger partial charge in [-0.2, -0.15) is 0 Å². The van der Waals surface area contributed by atoms with Crippen LogP contribution in [0.2, 0.25) is 5.02 Å². The predicted molar refractivity (Wildman–Crippen MR) is 78.0 cm³/mol. The number of ether oxygens (including phenoxy) is 1. The first-order valence-electron chi connectivity index (χ1n) is 5.98. The van der Waals surface area contributed by atoms with Crippen molar-refractivity contribution in [2.45, 2.75) is 11.3 Å². The summed E-state index contributed by atoms with van der Waals surface area (Å²) in [6.45, 7) is 0. The molecule has 0 amide bonds. The van der Waals surface area contributed by atoms with Gasteiger partial charge in [0.05, 0.1) is 12.9 Å². The van der Waals surface area contributed by atoms with E-state index in [9.17, 15) is 8.42 Å². The van der Waals surface area contributed by atoms with Crippen molar-refractivity contribution in [1.82, 2.24) is 4.98 Å². The molecule has 0 radical (unpaired) electrons. The number of sulfone groups is 1. The van der Waals surface area contributed by atoms with Gasteiger partial charge in [0, 0.05) is 17.4 Å². The van der Waals surface area contributed by atoms with Gasteiger partial charge in [0.2, 0.25) is 0 Å². The number of pyridine rings is 1. The Hall–Kier alpha value is -1.59. The third kappa shape index (κ3) is 3.49. The highest BCUT2D eigenvalue weighted by atomic mass is 35.5. The second-order valence-corrected chi connectivity index (χ2v) is 6.73. The molecule has 2 aromatic rings. The monoisotopic (exact) mass is 311 g/mol. The quantitative estimate of drug-likeness (QED) is 0.852. The minimum atomic E-state index is -3.45. The van der Waals surface area contributed by atoms with Gasteiger partial charge in [0.1, 0.15) is 10.6 Å². The molecule has 4 nitrogen and oxygen atoms in total. The Balaban J connectivity index is 2.24. The molecule has 0 saturated heterocycles. The van der Waals surface area contributed by atoms with Gasteiger partial charge in [-0.1, -0.05) is 11.6 Å².